The first-order chi connectivity index (χ1) is 9.43. The number of carbonyl (C=O) groups is 2. The maximum absolute atomic E-state index is 12.0. The van der Waals surface area contributed by atoms with Gasteiger partial charge in [-0.1, -0.05) is 26.0 Å². The molecule has 0 fully saturated rings. The summed E-state index contributed by atoms with van der Waals surface area (Å²) in [5.74, 6) is 0.199. The van der Waals surface area contributed by atoms with E-state index in [-0.39, 0.29) is 11.8 Å². The number of hydrogen-bond acceptors (Lipinski definition) is 2. The molecular weight excluding hydrogens is 252 g/mol. The second-order valence-corrected chi connectivity index (χ2v) is 5.38. The van der Waals surface area contributed by atoms with Gasteiger partial charge in [-0.15, -0.1) is 0 Å². The lowest BCUT2D eigenvalue weighted by atomic mass is 10.0. The zero-order valence-corrected chi connectivity index (χ0v) is 12.7. The van der Waals surface area contributed by atoms with Crippen LogP contribution >= 0.6 is 0 Å². The van der Waals surface area contributed by atoms with Crippen molar-refractivity contribution in [1.82, 2.24) is 10.6 Å². The van der Waals surface area contributed by atoms with Gasteiger partial charge in [0.2, 0.25) is 5.91 Å². The van der Waals surface area contributed by atoms with Crippen molar-refractivity contribution >= 4 is 11.8 Å². The average molecular weight is 276 g/mol. The van der Waals surface area contributed by atoms with Crippen LogP contribution in [0.4, 0.5) is 0 Å². The number of carbonyl (C=O) groups excluding carboxylic acids is 2. The van der Waals surface area contributed by atoms with Crippen LogP contribution < -0.4 is 10.6 Å². The lowest BCUT2D eigenvalue weighted by Gasteiger charge is -2.13. The van der Waals surface area contributed by atoms with Crippen LogP contribution in [0, 0.1) is 5.92 Å². The highest BCUT2D eigenvalue weighted by Gasteiger charge is 2.15. The van der Waals surface area contributed by atoms with Crippen LogP contribution in [0.25, 0.3) is 0 Å². The van der Waals surface area contributed by atoms with Crippen molar-refractivity contribution in [3.63, 3.8) is 0 Å². The highest BCUT2D eigenvalue weighted by Crippen LogP contribution is 2.10. The molecule has 0 radical (unpaired) electrons. The van der Waals surface area contributed by atoms with Crippen molar-refractivity contribution in [2.24, 2.45) is 5.92 Å². The quantitative estimate of drug-likeness (QED) is 0.836. The van der Waals surface area contributed by atoms with Gasteiger partial charge in [-0.05, 0) is 43.9 Å². The molecule has 0 saturated carbocycles. The maximum Gasteiger partial charge on any atom is 0.251 e. The molecule has 2 amide bonds. The van der Waals surface area contributed by atoms with E-state index in [9.17, 15) is 9.59 Å². The van der Waals surface area contributed by atoms with E-state index in [1.165, 1.54) is 5.56 Å². The van der Waals surface area contributed by atoms with Gasteiger partial charge in [-0.25, -0.2) is 0 Å². The third-order valence-electron chi connectivity index (χ3n) is 2.95. The predicted molar refractivity (Wildman–Crippen MR) is 80.6 cm³/mol. The molecule has 0 aliphatic heterocycles. The Hall–Kier alpha value is -1.84. The van der Waals surface area contributed by atoms with Crippen molar-refractivity contribution in [1.29, 1.82) is 0 Å². The fourth-order valence-corrected chi connectivity index (χ4v) is 1.94. The van der Waals surface area contributed by atoms with E-state index in [1.54, 1.807) is 19.1 Å². The summed E-state index contributed by atoms with van der Waals surface area (Å²) in [6.07, 6.45) is 0.997. The molecule has 1 aromatic carbocycles. The molecule has 0 spiro atoms. The van der Waals surface area contributed by atoms with Crippen LogP contribution in [-0.4, -0.2) is 24.4 Å². The van der Waals surface area contributed by atoms with Crippen LogP contribution in [0.15, 0.2) is 24.3 Å². The smallest absolute Gasteiger partial charge is 0.251 e. The summed E-state index contributed by atoms with van der Waals surface area (Å²) < 4.78 is 0. The topological polar surface area (TPSA) is 58.2 Å². The molecule has 1 rings (SSSR count). The minimum atomic E-state index is -0.530. The summed E-state index contributed by atoms with van der Waals surface area (Å²) in [5, 5.41) is 5.37. The van der Waals surface area contributed by atoms with Crippen molar-refractivity contribution in [3.05, 3.63) is 35.4 Å². The molecule has 20 heavy (non-hydrogen) atoms. The molecule has 2 N–H and O–H groups in total. The molecular formula is C16H24N2O2. The number of benzene rings is 1. The van der Waals surface area contributed by atoms with E-state index in [0.717, 1.165) is 6.42 Å². The molecule has 0 aliphatic carbocycles. The van der Waals surface area contributed by atoms with Gasteiger partial charge in [-0.3, -0.25) is 9.59 Å². The second-order valence-electron chi connectivity index (χ2n) is 5.38. The minimum absolute atomic E-state index is 0.169. The highest BCUT2D eigenvalue weighted by molar-refractivity contribution is 5.97. The first-order valence-electron chi connectivity index (χ1n) is 7.11. The van der Waals surface area contributed by atoms with E-state index in [1.807, 2.05) is 19.1 Å². The fraction of sp³-hybridized carbons (Fsp3) is 0.500. The molecule has 0 aliphatic rings. The average Bonchev–Trinajstić information content (AvgIpc) is 2.39. The molecule has 0 heterocycles. The molecule has 110 valence electrons. The molecule has 0 saturated heterocycles. The van der Waals surface area contributed by atoms with E-state index < -0.39 is 6.04 Å². The largest absolute Gasteiger partial charge is 0.355 e. The fourth-order valence-electron chi connectivity index (χ4n) is 1.94. The van der Waals surface area contributed by atoms with Crippen molar-refractivity contribution in [2.75, 3.05) is 6.54 Å². The molecule has 0 aromatic heterocycles. The molecule has 0 unspecified atom stereocenters. The van der Waals surface area contributed by atoms with Gasteiger partial charge in [0.1, 0.15) is 6.04 Å². The van der Waals surface area contributed by atoms with E-state index in [4.69, 9.17) is 0 Å². The first kappa shape index (κ1) is 16.2. The number of amides is 2. The van der Waals surface area contributed by atoms with Crippen LogP contribution in [0.3, 0.4) is 0 Å². The second kappa shape index (κ2) is 7.68. The molecule has 1 aromatic rings. The van der Waals surface area contributed by atoms with Crippen molar-refractivity contribution < 1.29 is 9.59 Å². The van der Waals surface area contributed by atoms with Gasteiger partial charge in [-0.2, -0.15) is 0 Å². The summed E-state index contributed by atoms with van der Waals surface area (Å²) >= 11 is 0. The number of hydrogen-bond donors (Lipinski definition) is 2. The zero-order valence-electron chi connectivity index (χ0n) is 12.7. The Morgan fingerprint density at radius 3 is 2.20 bits per heavy atom. The maximum atomic E-state index is 12.0. The molecule has 4 heteroatoms. The number of likely N-dealkylation sites (N-methyl/N-ethyl adjacent to an activating group) is 1. The van der Waals surface area contributed by atoms with Gasteiger partial charge >= 0.3 is 0 Å². The Kier molecular flexibility index (Phi) is 6.22. The van der Waals surface area contributed by atoms with Crippen molar-refractivity contribution in [2.45, 2.75) is 40.2 Å². The Bertz CT molecular complexity index is 452. The first-order valence-corrected chi connectivity index (χ1v) is 7.11. The third-order valence-corrected chi connectivity index (χ3v) is 2.95. The Morgan fingerprint density at radius 2 is 1.70 bits per heavy atom. The zero-order chi connectivity index (χ0) is 15.1. The van der Waals surface area contributed by atoms with Crippen LogP contribution in [-0.2, 0) is 11.2 Å². The van der Waals surface area contributed by atoms with Gasteiger partial charge in [0.15, 0.2) is 0 Å². The summed E-state index contributed by atoms with van der Waals surface area (Å²) in [5.41, 5.74) is 1.79. The van der Waals surface area contributed by atoms with Gasteiger partial charge in [0.25, 0.3) is 5.91 Å². The standard InChI is InChI=1S/C16H24N2O2/c1-5-17-15(19)12(4)18-16(20)14-8-6-13(7-9-14)10-11(2)3/h6-9,11-12H,5,10H2,1-4H3,(H,17,19)(H,18,20)/t12-/m0/s1. The van der Waals surface area contributed by atoms with E-state index in [2.05, 4.69) is 24.5 Å². The molecule has 4 nitrogen and oxygen atoms in total. The lowest BCUT2D eigenvalue weighted by molar-refractivity contribution is -0.122. The van der Waals surface area contributed by atoms with Gasteiger partial charge in [0, 0.05) is 12.1 Å². The summed E-state index contributed by atoms with van der Waals surface area (Å²) in [7, 11) is 0. The van der Waals surface area contributed by atoms with Crippen molar-refractivity contribution in [3.8, 4) is 0 Å². The van der Waals surface area contributed by atoms with Crippen LogP contribution in [0.5, 0.6) is 0 Å². The van der Waals surface area contributed by atoms with Gasteiger partial charge < -0.3 is 10.6 Å². The highest BCUT2D eigenvalue weighted by atomic mass is 16.2. The number of rotatable bonds is 6. The summed E-state index contributed by atoms with van der Waals surface area (Å²) in [4.78, 5) is 23.6. The third kappa shape index (κ3) is 5.03. The molecule has 0 bridgehead atoms. The van der Waals surface area contributed by atoms with E-state index in [0.29, 0.717) is 18.0 Å². The van der Waals surface area contributed by atoms with Gasteiger partial charge in [0.05, 0.1) is 0 Å². The summed E-state index contributed by atoms with van der Waals surface area (Å²) in [6, 6.07) is 7.00. The van der Waals surface area contributed by atoms with Crippen LogP contribution in [0.1, 0.15) is 43.6 Å². The Labute approximate surface area is 121 Å². The van der Waals surface area contributed by atoms with Crippen LogP contribution in [0.2, 0.25) is 0 Å². The predicted octanol–water partition coefficient (Wildman–Crippen LogP) is 2.14. The van der Waals surface area contributed by atoms with E-state index >= 15 is 0 Å². The normalized spacial score (nSPS) is 12.1. The number of nitrogens with one attached hydrogen (secondary N) is 2. The molecule has 1 atom stereocenters. The monoisotopic (exact) mass is 276 g/mol. The Morgan fingerprint density at radius 1 is 1.10 bits per heavy atom. The SMILES string of the molecule is CCNC(=O)[C@H](C)NC(=O)c1ccc(CC(C)C)cc1. The minimum Gasteiger partial charge on any atom is -0.355 e. The summed E-state index contributed by atoms with van der Waals surface area (Å²) in [6.45, 7) is 8.40. The lowest BCUT2D eigenvalue weighted by Crippen LogP contribution is -2.44. The Balaban J connectivity index is 2.61.